The molecule has 2 rings (SSSR count). The third-order valence-electron chi connectivity index (χ3n) is 3.89. The fourth-order valence-corrected chi connectivity index (χ4v) is 2.83. The minimum Gasteiger partial charge on any atom is -0.202 e. The molecule has 1 atom stereocenters. The van der Waals surface area contributed by atoms with E-state index in [1.165, 1.54) is 29.8 Å². The van der Waals surface area contributed by atoms with Crippen LogP contribution in [-0.2, 0) is 0 Å². The van der Waals surface area contributed by atoms with E-state index in [1.807, 2.05) is 27.7 Å². The van der Waals surface area contributed by atoms with Crippen molar-refractivity contribution in [1.29, 1.82) is 0 Å². The maximum absolute atomic E-state index is 2.50. The van der Waals surface area contributed by atoms with Crippen LogP contribution in [0.25, 0.3) is 0 Å². The molecule has 22 heavy (non-hydrogen) atoms. The second-order valence-corrected chi connectivity index (χ2v) is 6.20. The lowest BCUT2D eigenvalue weighted by Gasteiger charge is -2.15. The Morgan fingerprint density at radius 3 is 1.68 bits per heavy atom. The molecule has 0 N–H and O–H groups in total. The molecule has 1 heterocycles. The Morgan fingerprint density at radius 2 is 1.36 bits per heavy atom. The molecule has 1 aliphatic heterocycles. The van der Waals surface area contributed by atoms with E-state index < -0.39 is 0 Å². The summed E-state index contributed by atoms with van der Waals surface area (Å²) in [6.45, 7) is 20.7. The Kier molecular flexibility index (Phi) is 10.1. The van der Waals surface area contributed by atoms with Crippen LogP contribution in [0.1, 0.15) is 91.7 Å². The molecular weight excluding hydrogens is 266 g/mol. The van der Waals surface area contributed by atoms with Crippen LogP contribution in [0.15, 0.2) is 18.2 Å². The molecule has 0 spiro atoms. The molecule has 0 amide bonds. The van der Waals surface area contributed by atoms with Gasteiger partial charge in [0.25, 0.3) is 0 Å². The van der Waals surface area contributed by atoms with Crippen molar-refractivity contribution in [3.63, 3.8) is 0 Å². The Balaban J connectivity index is 0.00000102. The molecular formula is C21H38N+. The highest BCUT2D eigenvalue weighted by molar-refractivity contribution is 5.61. The first-order valence-electron chi connectivity index (χ1n) is 9.25. The molecule has 126 valence electrons. The summed E-state index contributed by atoms with van der Waals surface area (Å²) < 4.78 is 2.50. The second kappa shape index (κ2) is 10.6. The van der Waals surface area contributed by atoms with Gasteiger partial charge in [-0.05, 0) is 11.8 Å². The predicted molar refractivity (Wildman–Crippen MR) is 102 cm³/mol. The maximum Gasteiger partial charge on any atom is 0.211 e. The summed E-state index contributed by atoms with van der Waals surface area (Å²) >= 11 is 0. The van der Waals surface area contributed by atoms with Crippen molar-refractivity contribution in [2.45, 2.75) is 80.6 Å². The first kappa shape index (κ1) is 20.9. The van der Waals surface area contributed by atoms with Gasteiger partial charge in [0.15, 0.2) is 0 Å². The van der Waals surface area contributed by atoms with Gasteiger partial charge in [-0.25, -0.2) is 4.58 Å². The largest absolute Gasteiger partial charge is 0.211 e. The van der Waals surface area contributed by atoms with Crippen molar-refractivity contribution < 1.29 is 4.58 Å². The molecule has 0 aliphatic carbocycles. The molecule has 1 aliphatic rings. The van der Waals surface area contributed by atoms with E-state index in [1.54, 1.807) is 0 Å². The first-order chi connectivity index (χ1) is 10.5. The third kappa shape index (κ3) is 5.26. The molecule has 0 fully saturated rings. The van der Waals surface area contributed by atoms with Crippen molar-refractivity contribution in [3.8, 4) is 0 Å². The molecule has 1 aromatic carbocycles. The summed E-state index contributed by atoms with van der Waals surface area (Å²) in [7, 11) is 0. The van der Waals surface area contributed by atoms with Gasteiger partial charge in [-0.15, -0.1) is 0 Å². The summed E-state index contributed by atoms with van der Waals surface area (Å²) in [5, 5.41) is 0. The Bertz CT molecular complexity index is 429. The second-order valence-electron chi connectivity index (χ2n) is 6.20. The van der Waals surface area contributed by atoms with Crippen molar-refractivity contribution >= 4 is 11.9 Å². The summed E-state index contributed by atoms with van der Waals surface area (Å²) in [5.41, 5.74) is 4.46. The zero-order chi connectivity index (χ0) is 17.3. The quantitative estimate of drug-likeness (QED) is 0.544. The highest BCUT2D eigenvalue weighted by atomic mass is 15.0. The third-order valence-corrected chi connectivity index (χ3v) is 3.89. The smallest absolute Gasteiger partial charge is 0.202 e. The van der Waals surface area contributed by atoms with Crippen LogP contribution in [0.4, 0.5) is 5.69 Å². The fourth-order valence-electron chi connectivity index (χ4n) is 2.83. The number of benzene rings is 1. The zero-order valence-corrected chi connectivity index (χ0v) is 16.4. The minimum atomic E-state index is 0.586. The molecule has 1 aromatic rings. The standard InChI is InChI=1S/C17H26N.2C2H6/c1-12(2)15-7-6-8-16(13(3)4)17(15)18-10-9-14(5)11-18;2*1-2/h6-8,11-14H,9-10H2,1-5H3;2*1-2H3/q+1;;. The van der Waals surface area contributed by atoms with Crippen LogP contribution < -0.4 is 0 Å². The van der Waals surface area contributed by atoms with Crippen LogP contribution in [0.5, 0.6) is 0 Å². The van der Waals surface area contributed by atoms with Gasteiger partial charge >= 0.3 is 0 Å². The fraction of sp³-hybridized carbons (Fsp3) is 0.667. The van der Waals surface area contributed by atoms with Crippen molar-refractivity contribution in [2.24, 2.45) is 5.92 Å². The number of rotatable bonds is 3. The van der Waals surface area contributed by atoms with Gasteiger partial charge < -0.3 is 0 Å². The van der Waals surface area contributed by atoms with Gasteiger partial charge in [0.05, 0.1) is 0 Å². The first-order valence-corrected chi connectivity index (χ1v) is 9.25. The number of hydrogen-bond donors (Lipinski definition) is 0. The Hall–Kier alpha value is -1.11. The van der Waals surface area contributed by atoms with Crippen molar-refractivity contribution in [2.75, 3.05) is 6.54 Å². The number of para-hydroxylation sites is 1. The van der Waals surface area contributed by atoms with Crippen LogP contribution in [0.3, 0.4) is 0 Å². The Morgan fingerprint density at radius 1 is 0.909 bits per heavy atom. The van der Waals surface area contributed by atoms with E-state index in [2.05, 4.69) is 63.6 Å². The van der Waals surface area contributed by atoms with Gasteiger partial charge in [0.1, 0.15) is 12.8 Å². The van der Waals surface area contributed by atoms with E-state index in [9.17, 15) is 0 Å². The maximum atomic E-state index is 2.50. The summed E-state index contributed by atoms with van der Waals surface area (Å²) in [6.07, 6.45) is 3.69. The molecule has 1 heteroatoms. The van der Waals surface area contributed by atoms with E-state index in [-0.39, 0.29) is 0 Å². The molecule has 0 bridgehead atoms. The SMILES string of the molecule is CC.CC.CC1C=[N+](c2c(C(C)C)cccc2C(C)C)CC1. The molecule has 0 aromatic heterocycles. The van der Waals surface area contributed by atoms with Gasteiger partial charge in [-0.2, -0.15) is 0 Å². The van der Waals surface area contributed by atoms with Gasteiger partial charge in [0, 0.05) is 23.5 Å². The molecule has 0 radical (unpaired) electrons. The van der Waals surface area contributed by atoms with Crippen LogP contribution in [-0.4, -0.2) is 17.3 Å². The van der Waals surface area contributed by atoms with Gasteiger partial charge in [0.2, 0.25) is 5.69 Å². The molecule has 1 nitrogen and oxygen atoms in total. The number of nitrogens with zero attached hydrogens (tertiary/aromatic N) is 1. The van der Waals surface area contributed by atoms with E-state index in [0.29, 0.717) is 17.8 Å². The van der Waals surface area contributed by atoms with Crippen molar-refractivity contribution in [1.82, 2.24) is 0 Å². The number of hydrogen-bond acceptors (Lipinski definition) is 0. The highest BCUT2D eigenvalue weighted by Gasteiger charge is 2.27. The van der Waals surface area contributed by atoms with Crippen LogP contribution >= 0.6 is 0 Å². The lowest BCUT2D eigenvalue weighted by Crippen LogP contribution is -2.09. The molecule has 0 saturated carbocycles. The zero-order valence-electron chi connectivity index (χ0n) is 16.4. The summed E-state index contributed by atoms with van der Waals surface area (Å²) in [4.78, 5) is 0. The normalized spacial score (nSPS) is 16.7. The monoisotopic (exact) mass is 304 g/mol. The highest BCUT2D eigenvalue weighted by Crippen LogP contribution is 2.35. The predicted octanol–water partition coefficient (Wildman–Crippen LogP) is 6.74. The molecule has 1 unspecified atom stereocenters. The van der Waals surface area contributed by atoms with E-state index in [0.717, 1.165) is 0 Å². The summed E-state index contributed by atoms with van der Waals surface area (Å²) in [5.74, 6) is 1.89. The summed E-state index contributed by atoms with van der Waals surface area (Å²) in [6, 6.07) is 6.80. The molecule has 0 saturated heterocycles. The topological polar surface area (TPSA) is 3.01 Å². The van der Waals surface area contributed by atoms with E-state index in [4.69, 9.17) is 0 Å². The average molecular weight is 305 g/mol. The Labute approximate surface area is 139 Å². The minimum absolute atomic E-state index is 0.586. The average Bonchev–Trinajstić information content (AvgIpc) is 2.96. The lowest BCUT2D eigenvalue weighted by atomic mass is 9.92. The van der Waals surface area contributed by atoms with Crippen molar-refractivity contribution in [3.05, 3.63) is 29.3 Å². The van der Waals surface area contributed by atoms with Crippen LogP contribution in [0, 0.1) is 5.92 Å². The lowest BCUT2D eigenvalue weighted by molar-refractivity contribution is -0.428. The van der Waals surface area contributed by atoms with Gasteiger partial charge in [-0.3, -0.25) is 0 Å². The van der Waals surface area contributed by atoms with Gasteiger partial charge in [-0.1, -0.05) is 80.5 Å². The van der Waals surface area contributed by atoms with Crippen LogP contribution in [0.2, 0.25) is 0 Å². The van der Waals surface area contributed by atoms with E-state index >= 15 is 0 Å².